The van der Waals surface area contributed by atoms with E-state index < -0.39 is 0 Å². The normalized spacial score (nSPS) is 12.2. The number of carbonyl (C=O) groups excluding carboxylic acids is 1. The minimum absolute atomic E-state index is 0.249. The van der Waals surface area contributed by atoms with Gasteiger partial charge in [0.25, 0.3) is 0 Å². The van der Waals surface area contributed by atoms with E-state index in [0.717, 1.165) is 0 Å². The van der Waals surface area contributed by atoms with Gasteiger partial charge in [-0.15, -0.1) is 0 Å². The first-order chi connectivity index (χ1) is 6.25. The van der Waals surface area contributed by atoms with E-state index in [1.54, 1.807) is 26.1 Å². The zero-order chi connectivity index (χ0) is 9.68. The van der Waals surface area contributed by atoms with Crippen molar-refractivity contribution in [3.63, 3.8) is 0 Å². The number of rotatable bonds is 3. The van der Waals surface area contributed by atoms with E-state index in [1.807, 2.05) is 0 Å². The van der Waals surface area contributed by atoms with Crippen LogP contribution < -0.4 is 0 Å². The average Bonchev–Trinajstić information content (AvgIpc) is 2.18. The molecule has 1 unspecified atom stereocenters. The second-order valence-corrected chi connectivity index (χ2v) is 2.61. The fourth-order valence-corrected chi connectivity index (χ4v) is 0.945. The number of ether oxygens (including phenoxy) is 1. The highest BCUT2D eigenvalue weighted by atomic mass is 16.5. The number of aromatic nitrogens is 2. The van der Waals surface area contributed by atoms with Crippen molar-refractivity contribution < 1.29 is 9.53 Å². The van der Waals surface area contributed by atoms with E-state index >= 15 is 0 Å². The van der Waals surface area contributed by atoms with E-state index in [9.17, 15) is 4.79 Å². The molecule has 0 N–H and O–H groups in total. The van der Waals surface area contributed by atoms with Crippen LogP contribution in [0.4, 0.5) is 0 Å². The molecule has 0 aromatic carbocycles. The predicted octanol–water partition coefficient (Wildman–Crippen LogP) is 1.14. The summed E-state index contributed by atoms with van der Waals surface area (Å²) >= 11 is 0. The number of esters is 1. The Morgan fingerprint density at radius 2 is 2.46 bits per heavy atom. The average molecular weight is 180 g/mol. The van der Waals surface area contributed by atoms with Gasteiger partial charge in [-0.2, -0.15) is 0 Å². The maximum Gasteiger partial charge on any atom is 0.314 e. The fraction of sp³-hybridized carbons (Fsp3) is 0.444. The lowest BCUT2D eigenvalue weighted by molar-refractivity contribution is -0.144. The van der Waals surface area contributed by atoms with Crippen LogP contribution in [0.15, 0.2) is 18.6 Å². The van der Waals surface area contributed by atoms with E-state index in [-0.39, 0.29) is 11.9 Å². The lowest BCUT2D eigenvalue weighted by atomic mass is 10.1. The van der Waals surface area contributed by atoms with E-state index in [0.29, 0.717) is 12.3 Å². The van der Waals surface area contributed by atoms with Gasteiger partial charge in [-0.1, -0.05) is 0 Å². The number of hydrogen-bond donors (Lipinski definition) is 0. The highest BCUT2D eigenvalue weighted by Crippen LogP contribution is 2.12. The summed E-state index contributed by atoms with van der Waals surface area (Å²) < 4.78 is 4.86. The zero-order valence-corrected chi connectivity index (χ0v) is 7.73. The molecule has 4 heteroatoms. The lowest BCUT2D eigenvalue weighted by Gasteiger charge is -2.08. The largest absolute Gasteiger partial charge is 0.465 e. The second kappa shape index (κ2) is 4.54. The lowest BCUT2D eigenvalue weighted by Crippen LogP contribution is -2.14. The van der Waals surface area contributed by atoms with Crippen molar-refractivity contribution in [1.29, 1.82) is 0 Å². The molecule has 1 rings (SSSR count). The Kier molecular flexibility index (Phi) is 3.37. The van der Waals surface area contributed by atoms with Crippen molar-refractivity contribution in [2.24, 2.45) is 0 Å². The Morgan fingerprint density at radius 1 is 1.69 bits per heavy atom. The molecular formula is C9H12N2O2. The van der Waals surface area contributed by atoms with Crippen molar-refractivity contribution in [1.82, 2.24) is 9.97 Å². The molecule has 0 aliphatic heterocycles. The third-order valence-corrected chi connectivity index (χ3v) is 1.69. The summed E-state index contributed by atoms with van der Waals surface area (Å²) in [6.45, 7) is 3.94. The van der Waals surface area contributed by atoms with Gasteiger partial charge in [0.05, 0.1) is 18.2 Å². The molecule has 0 bridgehead atoms. The first-order valence-corrected chi connectivity index (χ1v) is 4.18. The van der Waals surface area contributed by atoms with Gasteiger partial charge in [0.2, 0.25) is 0 Å². The third-order valence-electron chi connectivity index (χ3n) is 1.69. The van der Waals surface area contributed by atoms with Crippen LogP contribution in [0.1, 0.15) is 25.5 Å². The molecule has 13 heavy (non-hydrogen) atoms. The van der Waals surface area contributed by atoms with Gasteiger partial charge < -0.3 is 4.74 Å². The molecule has 70 valence electrons. The summed E-state index contributed by atoms with van der Waals surface area (Å²) in [7, 11) is 0. The molecule has 0 spiro atoms. The van der Waals surface area contributed by atoms with E-state index in [1.165, 1.54) is 6.33 Å². The minimum Gasteiger partial charge on any atom is -0.465 e. The second-order valence-electron chi connectivity index (χ2n) is 2.61. The summed E-state index contributed by atoms with van der Waals surface area (Å²) in [5.74, 6) is -0.566. The molecule has 1 aromatic heterocycles. The van der Waals surface area contributed by atoms with Gasteiger partial charge in [-0.3, -0.25) is 4.79 Å². The van der Waals surface area contributed by atoms with Crippen molar-refractivity contribution in [3.8, 4) is 0 Å². The smallest absolute Gasteiger partial charge is 0.314 e. The number of nitrogens with zero attached hydrogens (tertiary/aromatic N) is 2. The Balaban J connectivity index is 2.68. The maximum absolute atomic E-state index is 11.3. The standard InChI is InChI=1S/C9H12N2O2/c1-3-13-9(12)7(2)8-4-5-10-6-11-8/h4-7H,3H2,1-2H3. The topological polar surface area (TPSA) is 52.1 Å². The summed E-state index contributed by atoms with van der Waals surface area (Å²) in [4.78, 5) is 19.0. The Hall–Kier alpha value is -1.45. The molecule has 0 aliphatic rings. The molecule has 0 saturated carbocycles. The van der Waals surface area contributed by atoms with Gasteiger partial charge in [0, 0.05) is 6.20 Å². The fourth-order valence-electron chi connectivity index (χ4n) is 0.945. The minimum atomic E-state index is -0.317. The number of carbonyl (C=O) groups is 1. The molecule has 0 amide bonds. The van der Waals surface area contributed by atoms with Gasteiger partial charge in [0.15, 0.2) is 0 Å². The van der Waals surface area contributed by atoms with Gasteiger partial charge >= 0.3 is 5.97 Å². The summed E-state index contributed by atoms with van der Waals surface area (Å²) in [6.07, 6.45) is 3.03. The monoisotopic (exact) mass is 180 g/mol. The van der Waals surface area contributed by atoms with Crippen LogP contribution in [0.25, 0.3) is 0 Å². The van der Waals surface area contributed by atoms with Crippen LogP contribution in [0.3, 0.4) is 0 Å². The molecule has 0 aliphatic carbocycles. The predicted molar refractivity (Wildman–Crippen MR) is 47.1 cm³/mol. The molecule has 1 atom stereocenters. The van der Waals surface area contributed by atoms with Crippen LogP contribution in [-0.2, 0) is 9.53 Å². The van der Waals surface area contributed by atoms with Crippen LogP contribution in [0, 0.1) is 0 Å². The van der Waals surface area contributed by atoms with Crippen molar-refractivity contribution in [2.75, 3.05) is 6.61 Å². The third kappa shape index (κ3) is 2.50. The van der Waals surface area contributed by atoms with Crippen molar-refractivity contribution >= 4 is 5.97 Å². The van der Waals surface area contributed by atoms with Gasteiger partial charge in [-0.25, -0.2) is 9.97 Å². The Morgan fingerprint density at radius 3 is 3.00 bits per heavy atom. The SMILES string of the molecule is CCOC(=O)C(C)c1ccncn1. The summed E-state index contributed by atoms with van der Waals surface area (Å²) in [6, 6.07) is 1.71. The van der Waals surface area contributed by atoms with Crippen LogP contribution in [-0.4, -0.2) is 22.5 Å². The first kappa shape index (κ1) is 9.64. The van der Waals surface area contributed by atoms with Crippen LogP contribution in [0.2, 0.25) is 0 Å². The molecule has 0 saturated heterocycles. The van der Waals surface area contributed by atoms with Crippen LogP contribution in [0.5, 0.6) is 0 Å². The molecule has 0 fully saturated rings. The molecule has 1 heterocycles. The molecule has 0 radical (unpaired) electrons. The molecule has 1 aromatic rings. The highest BCUT2D eigenvalue weighted by molar-refractivity contribution is 5.76. The first-order valence-electron chi connectivity index (χ1n) is 4.18. The van der Waals surface area contributed by atoms with Gasteiger partial charge in [0.1, 0.15) is 6.33 Å². The quantitative estimate of drug-likeness (QED) is 0.654. The highest BCUT2D eigenvalue weighted by Gasteiger charge is 2.16. The zero-order valence-electron chi connectivity index (χ0n) is 7.73. The summed E-state index contributed by atoms with van der Waals surface area (Å²) in [5.41, 5.74) is 0.688. The number of hydrogen-bond acceptors (Lipinski definition) is 4. The molecule has 4 nitrogen and oxygen atoms in total. The van der Waals surface area contributed by atoms with Crippen molar-refractivity contribution in [3.05, 3.63) is 24.3 Å². The van der Waals surface area contributed by atoms with E-state index in [2.05, 4.69) is 9.97 Å². The van der Waals surface area contributed by atoms with Gasteiger partial charge in [-0.05, 0) is 19.9 Å². The van der Waals surface area contributed by atoms with Crippen LogP contribution >= 0.6 is 0 Å². The maximum atomic E-state index is 11.3. The van der Waals surface area contributed by atoms with E-state index in [4.69, 9.17) is 4.74 Å². The molecular weight excluding hydrogens is 168 g/mol. The summed E-state index contributed by atoms with van der Waals surface area (Å²) in [5, 5.41) is 0. The Bertz CT molecular complexity index is 274. The van der Waals surface area contributed by atoms with Crippen molar-refractivity contribution in [2.45, 2.75) is 19.8 Å². The Labute approximate surface area is 77.0 Å².